The van der Waals surface area contributed by atoms with Gasteiger partial charge in [0.2, 0.25) is 5.95 Å². The van der Waals surface area contributed by atoms with E-state index in [2.05, 4.69) is 33.6 Å². The smallest absolute Gasteiger partial charge is 0.295 e. The van der Waals surface area contributed by atoms with Crippen molar-refractivity contribution >= 4 is 28.0 Å². The van der Waals surface area contributed by atoms with Gasteiger partial charge in [0, 0.05) is 23.4 Å². The van der Waals surface area contributed by atoms with Crippen LogP contribution in [0.15, 0.2) is 48.8 Å². The standard InChI is InChI=1S/C28H31N7O2/c1-3-4-13-37-26-10-5-18(2)30-23(26)17-34-25-14-19(6-9-21(25)31-27(34)29)15-33-12-11-24-22(16-33)32-28(36)35(24)20-7-8-20/h5-6,9-12,14,16,20H,3-4,7-8,13,15,17H2,1-2H3,(H2-,29,31,32,36)/p+1. The zero-order chi connectivity index (χ0) is 25.5. The van der Waals surface area contributed by atoms with E-state index in [1.165, 1.54) is 0 Å². The molecule has 1 aliphatic rings. The summed E-state index contributed by atoms with van der Waals surface area (Å²) >= 11 is 0. The van der Waals surface area contributed by atoms with E-state index >= 15 is 0 Å². The number of hydrogen-bond acceptors (Lipinski definition) is 6. The SMILES string of the molecule is CCCCOc1ccc(C)nc1Cn1c(N)nc2ccc(C[n+]3ccc4c(c3)nc(O)n4C3CC3)cc21. The van der Waals surface area contributed by atoms with E-state index in [4.69, 9.17) is 15.5 Å². The molecule has 0 spiro atoms. The number of nitrogens with two attached hydrogens (primary N) is 1. The van der Waals surface area contributed by atoms with Gasteiger partial charge in [-0.2, -0.15) is 9.55 Å². The summed E-state index contributed by atoms with van der Waals surface area (Å²) in [6, 6.07) is 12.7. The fraction of sp³-hybridized carbons (Fsp3) is 0.357. The normalized spacial score (nSPS) is 13.6. The van der Waals surface area contributed by atoms with Gasteiger partial charge in [-0.25, -0.2) is 4.98 Å². The van der Waals surface area contributed by atoms with Crippen LogP contribution in [0.1, 0.15) is 55.6 Å². The number of nitrogen functional groups attached to an aromatic ring is 1. The van der Waals surface area contributed by atoms with Crippen molar-refractivity contribution in [1.82, 2.24) is 24.1 Å². The Balaban J connectivity index is 1.30. The minimum atomic E-state index is 0.0962. The van der Waals surface area contributed by atoms with Crippen LogP contribution in [0.4, 0.5) is 5.95 Å². The van der Waals surface area contributed by atoms with E-state index in [0.717, 1.165) is 70.5 Å². The molecule has 3 N–H and O–H groups in total. The number of aryl methyl sites for hydroxylation is 1. The van der Waals surface area contributed by atoms with Crippen LogP contribution in [0.25, 0.3) is 22.1 Å². The second-order valence-electron chi connectivity index (χ2n) is 9.88. The van der Waals surface area contributed by atoms with Gasteiger partial charge in [0.05, 0.1) is 29.7 Å². The maximum absolute atomic E-state index is 10.3. The van der Waals surface area contributed by atoms with Gasteiger partial charge in [-0.3, -0.25) is 9.55 Å². The first-order chi connectivity index (χ1) is 18.0. The summed E-state index contributed by atoms with van der Waals surface area (Å²) in [6.07, 6.45) is 8.28. The molecule has 0 unspecified atom stereocenters. The molecule has 0 amide bonds. The van der Waals surface area contributed by atoms with E-state index in [9.17, 15) is 5.11 Å². The minimum Gasteiger partial charge on any atom is -0.492 e. The molecular formula is C28H32N7O2+. The summed E-state index contributed by atoms with van der Waals surface area (Å²) in [5.41, 5.74) is 12.8. The lowest BCUT2D eigenvalue weighted by molar-refractivity contribution is -0.687. The molecule has 37 heavy (non-hydrogen) atoms. The molecule has 0 saturated heterocycles. The summed E-state index contributed by atoms with van der Waals surface area (Å²) in [5, 5.41) is 10.3. The van der Waals surface area contributed by atoms with Crippen LogP contribution < -0.4 is 15.0 Å². The highest BCUT2D eigenvalue weighted by atomic mass is 16.5. The molecule has 1 aliphatic carbocycles. The molecule has 4 heterocycles. The lowest BCUT2D eigenvalue weighted by Crippen LogP contribution is -2.33. The molecule has 190 valence electrons. The van der Waals surface area contributed by atoms with Crippen molar-refractivity contribution in [2.45, 2.75) is 58.7 Å². The molecule has 4 aromatic heterocycles. The summed E-state index contributed by atoms with van der Waals surface area (Å²) in [5.74, 6) is 1.24. The van der Waals surface area contributed by atoms with Crippen molar-refractivity contribution in [2.24, 2.45) is 0 Å². The molecule has 0 aliphatic heterocycles. The summed E-state index contributed by atoms with van der Waals surface area (Å²) in [4.78, 5) is 13.7. The first kappa shape index (κ1) is 23.3. The third kappa shape index (κ3) is 4.57. The van der Waals surface area contributed by atoms with Gasteiger partial charge in [0.25, 0.3) is 6.01 Å². The highest BCUT2D eigenvalue weighted by Crippen LogP contribution is 2.40. The van der Waals surface area contributed by atoms with E-state index in [1.54, 1.807) is 0 Å². The molecule has 1 aromatic carbocycles. The van der Waals surface area contributed by atoms with Crippen LogP contribution >= 0.6 is 0 Å². The average Bonchev–Trinajstić information content (AvgIpc) is 3.59. The van der Waals surface area contributed by atoms with Gasteiger partial charge in [-0.05, 0) is 50.5 Å². The number of ether oxygens (including phenoxy) is 1. The predicted octanol–water partition coefficient (Wildman–Crippen LogP) is 4.28. The molecule has 9 heteroatoms. The van der Waals surface area contributed by atoms with Crippen LogP contribution in [-0.2, 0) is 13.1 Å². The highest BCUT2D eigenvalue weighted by molar-refractivity contribution is 5.79. The van der Waals surface area contributed by atoms with E-state index in [0.29, 0.717) is 31.7 Å². The lowest BCUT2D eigenvalue weighted by Gasteiger charge is -2.13. The van der Waals surface area contributed by atoms with Crippen LogP contribution in [0.2, 0.25) is 0 Å². The molecule has 1 saturated carbocycles. The zero-order valence-electron chi connectivity index (χ0n) is 21.3. The molecule has 1 fully saturated rings. The number of aromatic nitrogens is 6. The summed E-state index contributed by atoms with van der Waals surface area (Å²) in [6.45, 7) is 5.92. The van der Waals surface area contributed by atoms with Gasteiger partial charge >= 0.3 is 0 Å². The molecule has 9 nitrogen and oxygen atoms in total. The van der Waals surface area contributed by atoms with Crippen LogP contribution in [0, 0.1) is 6.92 Å². The molecule has 5 aromatic rings. The van der Waals surface area contributed by atoms with Gasteiger partial charge in [-0.1, -0.05) is 19.4 Å². The maximum atomic E-state index is 10.3. The Labute approximate surface area is 215 Å². The predicted molar refractivity (Wildman–Crippen MR) is 142 cm³/mol. The van der Waals surface area contributed by atoms with Crippen molar-refractivity contribution < 1.29 is 14.4 Å². The molecule has 0 bridgehead atoms. The largest absolute Gasteiger partial charge is 0.492 e. The highest BCUT2D eigenvalue weighted by Gasteiger charge is 2.29. The van der Waals surface area contributed by atoms with E-state index in [-0.39, 0.29) is 6.01 Å². The third-order valence-electron chi connectivity index (χ3n) is 6.92. The van der Waals surface area contributed by atoms with Crippen molar-refractivity contribution in [3.63, 3.8) is 0 Å². The summed E-state index contributed by atoms with van der Waals surface area (Å²) < 4.78 is 12.1. The minimum absolute atomic E-state index is 0.0962. The Kier molecular flexibility index (Phi) is 5.90. The summed E-state index contributed by atoms with van der Waals surface area (Å²) in [7, 11) is 0. The number of imidazole rings is 2. The molecular weight excluding hydrogens is 466 g/mol. The lowest BCUT2D eigenvalue weighted by atomic mass is 10.2. The number of benzene rings is 1. The quantitative estimate of drug-likeness (QED) is 0.232. The van der Waals surface area contributed by atoms with Crippen LogP contribution in [0.3, 0.4) is 0 Å². The third-order valence-corrected chi connectivity index (χ3v) is 6.92. The number of pyridine rings is 2. The molecule has 0 radical (unpaired) electrons. The Morgan fingerprint density at radius 3 is 2.76 bits per heavy atom. The maximum Gasteiger partial charge on any atom is 0.295 e. The monoisotopic (exact) mass is 498 g/mol. The number of anilines is 1. The van der Waals surface area contributed by atoms with Crippen LogP contribution in [-0.4, -0.2) is 35.8 Å². The Bertz CT molecular complexity index is 1600. The first-order valence-electron chi connectivity index (χ1n) is 12.9. The Morgan fingerprint density at radius 1 is 1.08 bits per heavy atom. The average molecular weight is 499 g/mol. The Hall–Kier alpha value is -4.14. The van der Waals surface area contributed by atoms with Gasteiger partial charge in [0.15, 0.2) is 24.5 Å². The number of rotatable bonds is 9. The fourth-order valence-corrected chi connectivity index (χ4v) is 4.85. The topological polar surface area (TPSA) is 108 Å². The van der Waals surface area contributed by atoms with Crippen molar-refractivity contribution in [3.05, 3.63) is 65.7 Å². The second kappa shape index (κ2) is 9.38. The number of fused-ring (bicyclic) bond motifs is 2. The number of unbranched alkanes of at least 4 members (excludes halogenated alkanes) is 1. The van der Waals surface area contributed by atoms with E-state index in [1.807, 2.05) is 52.7 Å². The van der Waals surface area contributed by atoms with Gasteiger partial charge in [-0.15, -0.1) is 0 Å². The molecule has 6 rings (SSSR count). The van der Waals surface area contributed by atoms with Crippen molar-refractivity contribution in [1.29, 1.82) is 0 Å². The zero-order valence-corrected chi connectivity index (χ0v) is 21.3. The fourth-order valence-electron chi connectivity index (χ4n) is 4.85. The van der Waals surface area contributed by atoms with Crippen molar-refractivity contribution in [3.8, 4) is 11.8 Å². The Morgan fingerprint density at radius 2 is 1.95 bits per heavy atom. The number of hydrogen-bond donors (Lipinski definition) is 2. The first-order valence-corrected chi connectivity index (χ1v) is 12.9. The van der Waals surface area contributed by atoms with Gasteiger partial charge in [0.1, 0.15) is 11.4 Å². The number of aromatic hydroxyl groups is 1. The van der Waals surface area contributed by atoms with Crippen LogP contribution in [0.5, 0.6) is 11.8 Å². The van der Waals surface area contributed by atoms with E-state index < -0.39 is 0 Å². The van der Waals surface area contributed by atoms with Gasteiger partial charge < -0.3 is 20.1 Å². The van der Waals surface area contributed by atoms with Crippen molar-refractivity contribution in [2.75, 3.05) is 12.3 Å². The molecule has 0 atom stereocenters. The number of nitrogens with zero attached hydrogens (tertiary/aromatic N) is 6. The second-order valence-corrected chi connectivity index (χ2v) is 9.88.